The molecule has 0 unspecified atom stereocenters. The third kappa shape index (κ3) is 7.51. The van der Waals surface area contributed by atoms with Crippen LogP contribution in [0.5, 0.6) is 0 Å². The van der Waals surface area contributed by atoms with Gasteiger partial charge >= 0.3 is 11.9 Å². The second-order valence-electron chi connectivity index (χ2n) is 11.3. The van der Waals surface area contributed by atoms with E-state index in [9.17, 15) is 14.8 Å². The second kappa shape index (κ2) is 13.3. The fourth-order valence-corrected chi connectivity index (χ4v) is 4.71. The van der Waals surface area contributed by atoms with E-state index in [2.05, 4.69) is 15.6 Å². The van der Waals surface area contributed by atoms with Crippen LogP contribution in [0.15, 0.2) is 54.6 Å². The highest BCUT2D eigenvalue weighted by Crippen LogP contribution is 2.30. The number of carbonyl (C=O) groups excluding carboxylic acids is 2. The fraction of sp³-hybridized carbons (Fsp3) is 0.419. The highest BCUT2D eigenvalue weighted by Gasteiger charge is 2.31. The number of hydrogen-bond acceptors (Lipinski definition) is 8. The molecule has 12 nitrogen and oxygen atoms in total. The van der Waals surface area contributed by atoms with Crippen LogP contribution in [0.25, 0.3) is 21.9 Å². The Hall–Kier alpha value is -4.42. The first-order valence-corrected chi connectivity index (χ1v) is 14.2. The number of amides is 2. The summed E-state index contributed by atoms with van der Waals surface area (Å²) in [5.41, 5.74) is 6.74. The van der Waals surface area contributed by atoms with Crippen molar-refractivity contribution in [1.82, 2.24) is 20.2 Å². The van der Waals surface area contributed by atoms with Crippen molar-refractivity contribution >= 4 is 39.8 Å². The summed E-state index contributed by atoms with van der Waals surface area (Å²) >= 11 is 0. The van der Waals surface area contributed by atoms with E-state index in [4.69, 9.17) is 19.9 Å². The molecule has 0 spiro atoms. The van der Waals surface area contributed by atoms with E-state index in [0.29, 0.717) is 34.7 Å². The van der Waals surface area contributed by atoms with Gasteiger partial charge in [0.15, 0.2) is 5.52 Å². The van der Waals surface area contributed by atoms with E-state index in [1.54, 1.807) is 26.0 Å². The molecule has 0 saturated heterocycles. The largest absolute Gasteiger partial charge is 0.710 e. The molecule has 0 bridgehead atoms. The molecule has 2 aromatic heterocycles. The van der Waals surface area contributed by atoms with Gasteiger partial charge < -0.3 is 34.6 Å². The van der Waals surface area contributed by atoms with Gasteiger partial charge in [-0.05, 0) is 52.3 Å². The Morgan fingerprint density at radius 3 is 2.47 bits per heavy atom. The van der Waals surface area contributed by atoms with Crippen molar-refractivity contribution in [3.8, 4) is 0 Å². The number of nitrogens with zero attached hydrogens (tertiary/aromatic N) is 3. The summed E-state index contributed by atoms with van der Waals surface area (Å²) < 4.78 is 19.8. The van der Waals surface area contributed by atoms with E-state index >= 15 is 0 Å². The van der Waals surface area contributed by atoms with Crippen molar-refractivity contribution in [3.05, 3.63) is 71.2 Å². The zero-order valence-corrected chi connectivity index (χ0v) is 25.3. The molecule has 2 amide bonds. The summed E-state index contributed by atoms with van der Waals surface area (Å²) in [5, 5.41) is 19.0. The number of nitrogens with one attached hydrogen (secondary N) is 2. The minimum Gasteiger partial charge on any atom is -0.710 e. The van der Waals surface area contributed by atoms with Gasteiger partial charge in [-0.25, -0.2) is 14.5 Å². The number of alkyl carbamates (subject to hydrolysis) is 1. The number of imidazole rings is 1. The number of aromatic nitrogens is 3. The number of anilines is 1. The summed E-state index contributed by atoms with van der Waals surface area (Å²) in [6, 6.07) is 16.5. The minimum absolute atomic E-state index is 0.0202. The molecule has 0 aliphatic carbocycles. The van der Waals surface area contributed by atoms with Crippen molar-refractivity contribution < 1.29 is 28.5 Å². The Morgan fingerprint density at radius 1 is 1.05 bits per heavy atom. The molecule has 0 atom stereocenters. The maximum atomic E-state index is 12.8. The molecule has 2 aromatic carbocycles. The summed E-state index contributed by atoms with van der Waals surface area (Å²) in [4.78, 5) is 29.8. The summed E-state index contributed by atoms with van der Waals surface area (Å²) in [6.45, 7) is 10.6. The van der Waals surface area contributed by atoms with E-state index in [0.717, 1.165) is 16.5 Å². The maximum absolute atomic E-state index is 12.8. The highest BCUT2D eigenvalue weighted by molar-refractivity contribution is 6.04. The molecule has 12 heteroatoms. The summed E-state index contributed by atoms with van der Waals surface area (Å²) in [5.74, 6) is 0.265. The number of fused-ring (bicyclic) bond motifs is 3. The van der Waals surface area contributed by atoms with Gasteiger partial charge in [-0.3, -0.25) is 10.5 Å². The number of pyridine rings is 1. The average molecular weight is 593 g/mol. The van der Waals surface area contributed by atoms with E-state index in [1.165, 1.54) is 0 Å². The molecule has 0 radical (unpaired) electrons. The summed E-state index contributed by atoms with van der Waals surface area (Å²) in [7, 11) is 0. The average Bonchev–Trinajstić information content (AvgIpc) is 3.33. The normalized spacial score (nSPS) is 12.0. The number of hydrogen-bond donors (Lipinski definition) is 3. The Bertz CT molecular complexity index is 1580. The Balaban J connectivity index is 1.39. The molecule has 43 heavy (non-hydrogen) atoms. The molecular weight excluding hydrogens is 552 g/mol. The zero-order chi connectivity index (χ0) is 31.2. The lowest BCUT2D eigenvalue weighted by Crippen LogP contribution is -2.55. The van der Waals surface area contributed by atoms with Crippen LogP contribution in [0, 0.1) is 5.21 Å². The number of ether oxygens (including phenoxy) is 3. The van der Waals surface area contributed by atoms with Crippen LogP contribution in [0.3, 0.4) is 0 Å². The first kappa shape index (κ1) is 31.5. The molecule has 4 N–H and O–H groups in total. The Kier molecular flexibility index (Phi) is 9.72. The van der Waals surface area contributed by atoms with Crippen molar-refractivity contribution in [2.24, 2.45) is 0 Å². The Labute approximate surface area is 250 Å². The van der Waals surface area contributed by atoms with Crippen LogP contribution in [0.1, 0.15) is 46.0 Å². The second-order valence-corrected chi connectivity index (χ2v) is 11.3. The van der Waals surface area contributed by atoms with Gasteiger partial charge in [-0.2, -0.15) is 0 Å². The third-order valence-corrected chi connectivity index (χ3v) is 6.94. The van der Waals surface area contributed by atoms with Crippen molar-refractivity contribution in [1.29, 1.82) is 0 Å². The number of benzene rings is 2. The SMILES string of the molecule is CCOCc1nc2c(N)[n+]([O-])c3ccccc3c2n1CC(C)(C)OCCNC(=O)C(C)(C)NC(=O)OCc1ccccc1. The van der Waals surface area contributed by atoms with Crippen molar-refractivity contribution in [2.75, 3.05) is 25.5 Å². The van der Waals surface area contributed by atoms with Crippen LogP contribution in [0.4, 0.5) is 10.6 Å². The predicted octanol–water partition coefficient (Wildman–Crippen LogP) is 3.56. The highest BCUT2D eigenvalue weighted by atomic mass is 16.5. The number of carbonyl (C=O) groups is 2. The molecule has 230 valence electrons. The first-order chi connectivity index (χ1) is 20.4. The molecular formula is C31H40N6O6. The Morgan fingerprint density at radius 2 is 1.74 bits per heavy atom. The van der Waals surface area contributed by atoms with Gasteiger partial charge in [0.2, 0.25) is 5.91 Å². The van der Waals surface area contributed by atoms with Crippen molar-refractivity contribution in [2.45, 2.75) is 65.5 Å². The molecule has 0 fully saturated rings. The van der Waals surface area contributed by atoms with Crippen LogP contribution in [-0.4, -0.2) is 52.4 Å². The lowest BCUT2D eigenvalue weighted by molar-refractivity contribution is -0.559. The smallest absolute Gasteiger partial charge is 0.408 e. The van der Waals surface area contributed by atoms with Gasteiger partial charge in [-0.15, -0.1) is 0 Å². The molecule has 4 aromatic rings. The van der Waals surface area contributed by atoms with Gasteiger partial charge in [0.05, 0.1) is 24.3 Å². The van der Waals surface area contributed by atoms with Gasteiger partial charge in [0.25, 0.3) is 0 Å². The quantitative estimate of drug-likeness (QED) is 0.121. The van der Waals surface area contributed by atoms with Crippen LogP contribution >= 0.6 is 0 Å². The van der Waals surface area contributed by atoms with Gasteiger partial charge in [-0.1, -0.05) is 42.5 Å². The number of nitrogen functional groups attached to an aromatic ring is 1. The predicted molar refractivity (Wildman–Crippen MR) is 163 cm³/mol. The van der Waals surface area contributed by atoms with Crippen molar-refractivity contribution in [3.63, 3.8) is 0 Å². The van der Waals surface area contributed by atoms with Crippen LogP contribution in [0.2, 0.25) is 0 Å². The summed E-state index contributed by atoms with van der Waals surface area (Å²) in [6.07, 6.45) is -0.688. The van der Waals surface area contributed by atoms with E-state index < -0.39 is 17.2 Å². The van der Waals surface area contributed by atoms with Gasteiger partial charge in [0, 0.05) is 18.5 Å². The number of para-hydroxylation sites is 1. The van der Waals surface area contributed by atoms with Gasteiger partial charge in [0.1, 0.15) is 30.1 Å². The fourth-order valence-electron chi connectivity index (χ4n) is 4.71. The van der Waals surface area contributed by atoms with E-state index in [-0.39, 0.29) is 38.1 Å². The standard InChI is InChI=1S/C31H40N6O6/c1-6-41-19-24-34-25-26(22-14-10-11-15-23(22)37(40)27(25)32)36(24)20-30(2,3)43-17-16-33-28(38)31(4,5)35-29(39)42-18-21-12-8-7-9-13-21/h7-15H,6,16-20,32H2,1-5H3,(H,33,38)(H,35,39). The molecule has 0 saturated carbocycles. The first-order valence-electron chi connectivity index (χ1n) is 14.2. The van der Waals surface area contributed by atoms with Crippen LogP contribution < -0.4 is 21.1 Å². The third-order valence-electron chi connectivity index (χ3n) is 6.94. The number of nitrogens with two attached hydrogens (primary N) is 1. The molecule has 0 aliphatic heterocycles. The zero-order valence-electron chi connectivity index (χ0n) is 25.3. The monoisotopic (exact) mass is 592 g/mol. The minimum atomic E-state index is -1.20. The van der Waals surface area contributed by atoms with E-state index in [1.807, 2.05) is 67.8 Å². The maximum Gasteiger partial charge on any atom is 0.408 e. The van der Waals surface area contributed by atoms with Crippen LogP contribution in [-0.2, 0) is 38.8 Å². The molecule has 0 aliphatic rings. The lowest BCUT2D eigenvalue weighted by atomic mass is 10.1. The topological polar surface area (TPSA) is 157 Å². The molecule has 4 rings (SSSR count). The number of rotatable bonds is 13. The molecule has 2 heterocycles. The lowest BCUT2D eigenvalue weighted by Gasteiger charge is -2.28.